The molecular weight excluding hydrogens is 599 g/mol. The summed E-state index contributed by atoms with van der Waals surface area (Å²) >= 11 is 2.10. The van der Waals surface area contributed by atoms with Gasteiger partial charge >= 0.3 is 18.1 Å². The number of nitrogens with zero attached hydrogens (tertiary/aromatic N) is 7. The predicted molar refractivity (Wildman–Crippen MR) is 133 cm³/mol. The molecule has 0 bridgehead atoms. The minimum Gasteiger partial charge on any atom is -0.480 e. The Balaban J connectivity index is 1.50. The Morgan fingerprint density at radius 3 is 2.71 bits per heavy atom. The number of halogens is 3. The largest absolute Gasteiger partial charge is 0.480 e. The number of carbonyl (C=O) groups is 4. The minimum absolute atomic E-state index is 0.0105. The van der Waals surface area contributed by atoms with Crippen molar-refractivity contribution in [3.8, 4) is 0 Å². The molecule has 21 heteroatoms. The van der Waals surface area contributed by atoms with E-state index in [4.69, 9.17) is 10.8 Å². The van der Waals surface area contributed by atoms with E-state index in [1.807, 2.05) is 0 Å². The Morgan fingerprint density at radius 1 is 1.29 bits per heavy atom. The molecule has 2 aliphatic rings. The van der Waals surface area contributed by atoms with Gasteiger partial charge in [-0.3, -0.25) is 19.3 Å². The van der Waals surface area contributed by atoms with E-state index in [0.29, 0.717) is 5.57 Å². The number of anilines is 1. The van der Waals surface area contributed by atoms with E-state index in [1.165, 1.54) is 18.2 Å². The zero-order valence-electron chi connectivity index (χ0n) is 20.3. The average Bonchev–Trinajstić information content (AvgIpc) is 3.33. The van der Waals surface area contributed by atoms with Crippen LogP contribution in [-0.4, -0.2) is 105 Å². The second-order valence-corrected chi connectivity index (χ2v) is 10.2. The molecule has 1 saturated heterocycles. The number of carbonyl (C=O) groups excluding carboxylic acids is 2. The van der Waals surface area contributed by atoms with E-state index in [2.05, 4.69) is 35.8 Å². The summed E-state index contributed by atoms with van der Waals surface area (Å²) in [4.78, 5) is 58.2. The van der Waals surface area contributed by atoms with Crippen molar-refractivity contribution in [2.24, 2.45) is 5.16 Å². The van der Waals surface area contributed by atoms with E-state index in [9.17, 15) is 37.5 Å². The first-order valence-corrected chi connectivity index (χ1v) is 13.2. The number of aliphatic carboxylic acids is 2. The lowest BCUT2D eigenvalue weighted by atomic mass is 10.0. The van der Waals surface area contributed by atoms with Crippen molar-refractivity contribution in [3.05, 3.63) is 35.2 Å². The zero-order valence-corrected chi connectivity index (χ0v) is 21.9. The van der Waals surface area contributed by atoms with Gasteiger partial charge in [0.15, 0.2) is 5.71 Å². The number of carboxylic acids is 2. The molecule has 4 heterocycles. The van der Waals surface area contributed by atoms with Gasteiger partial charge in [0, 0.05) is 11.5 Å². The maximum Gasteiger partial charge on any atom is 0.425 e. The molecule has 0 aromatic carbocycles. The Morgan fingerprint density at radius 2 is 2.05 bits per heavy atom. The third kappa shape index (κ3) is 6.85. The molecule has 2 aromatic rings. The van der Waals surface area contributed by atoms with Gasteiger partial charge in [-0.15, -0.1) is 16.9 Å². The van der Waals surface area contributed by atoms with Crippen LogP contribution >= 0.6 is 23.5 Å². The molecule has 2 aliphatic heterocycles. The number of oxime groups is 1. The Labute approximate surface area is 235 Å². The maximum atomic E-state index is 13.0. The normalized spacial score (nSPS) is 19.0. The average molecular weight is 618 g/mol. The zero-order chi connectivity index (χ0) is 29.9. The number of tetrazole rings is 1. The fourth-order valence-corrected chi connectivity index (χ4v) is 6.00. The van der Waals surface area contributed by atoms with Crippen molar-refractivity contribution >= 4 is 58.8 Å². The van der Waals surface area contributed by atoms with Crippen molar-refractivity contribution in [2.75, 3.05) is 23.8 Å². The first-order chi connectivity index (χ1) is 19.4. The van der Waals surface area contributed by atoms with Crippen molar-refractivity contribution in [2.45, 2.75) is 29.3 Å². The molecule has 0 saturated carbocycles. The molecule has 1 unspecified atom stereocenters. The Hall–Kier alpha value is -4.40. The van der Waals surface area contributed by atoms with E-state index in [0.717, 1.165) is 33.1 Å². The highest BCUT2D eigenvalue weighted by Crippen LogP contribution is 2.41. The molecule has 0 spiro atoms. The van der Waals surface area contributed by atoms with Crippen LogP contribution in [0.2, 0.25) is 0 Å². The van der Waals surface area contributed by atoms with Crippen LogP contribution in [0.25, 0.3) is 0 Å². The van der Waals surface area contributed by atoms with Gasteiger partial charge in [0.25, 0.3) is 11.8 Å². The number of fused-ring (bicyclic) bond motifs is 1. The molecular formula is C20H18F3N9O7S2. The van der Waals surface area contributed by atoms with Crippen molar-refractivity contribution in [3.63, 3.8) is 0 Å². The molecule has 2 amide bonds. The van der Waals surface area contributed by atoms with E-state index >= 15 is 0 Å². The maximum absolute atomic E-state index is 13.0. The summed E-state index contributed by atoms with van der Waals surface area (Å²) in [6.45, 7) is -2.31. The molecule has 218 valence electrons. The summed E-state index contributed by atoms with van der Waals surface area (Å²) in [5.41, 5.74) is 4.69. The number of aromatic nitrogens is 5. The summed E-state index contributed by atoms with van der Waals surface area (Å²) in [7, 11) is 0. The Kier molecular flexibility index (Phi) is 8.66. The van der Waals surface area contributed by atoms with Crippen LogP contribution < -0.4 is 11.1 Å². The van der Waals surface area contributed by atoms with Crippen molar-refractivity contribution < 1.29 is 47.4 Å². The van der Waals surface area contributed by atoms with Gasteiger partial charge in [0.05, 0.1) is 0 Å². The molecule has 5 N–H and O–H groups in total. The van der Waals surface area contributed by atoms with Gasteiger partial charge in [0.2, 0.25) is 11.8 Å². The first-order valence-electron chi connectivity index (χ1n) is 11.2. The summed E-state index contributed by atoms with van der Waals surface area (Å²) in [5, 5.41) is 34.4. The van der Waals surface area contributed by atoms with Crippen LogP contribution in [-0.2, 0) is 30.6 Å². The van der Waals surface area contributed by atoms with Gasteiger partial charge in [0.1, 0.15) is 35.2 Å². The molecule has 2 aromatic heterocycles. The number of β-lactam (4-membered cyclic amide) rings is 1. The summed E-state index contributed by atoms with van der Waals surface area (Å²) < 4.78 is 38.7. The molecule has 2 atom stereocenters. The predicted octanol–water partition coefficient (Wildman–Crippen LogP) is -0.451. The smallest absolute Gasteiger partial charge is 0.425 e. The molecule has 41 heavy (non-hydrogen) atoms. The number of nitrogens with one attached hydrogen (secondary N) is 1. The van der Waals surface area contributed by atoms with Crippen molar-refractivity contribution in [1.82, 2.24) is 35.4 Å². The van der Waals surface area contributed by atoms with E-state index in [-0.39, 0.29) is 33.9 Å². The van der Waals surface area contributed by atoms with Gasteiger partial charge in [-0.2, -0.15) is 13.2 Å². The number of nitrogen functional groups attached to an aromatic ring is 1. The number of rotatable bonds is 11. The van der Waals surface area contributed by atoms with Crippen LogP contribution in [0.3, 0.4) is 0 Å². The quantitative estimate of drug-likeness (QED) is 0.108. The molecule has 4 rings (SSSR count). The van der Waals surface area contributed by atoms with Crippen LogP contribution in [0.5, 0.6) is 0 Å². The summed E-state index contributed by atoms with van der Waals surface area (Å²) in [5.74, 6) is -4.43. The van der Waals surface area contributed by atoms with Gasteiger partial charge < -0.3 is 26.1 Å². The number of nitrogens with two attached hydrogens (primary N) is 1. The lowest BCUT2D eigenvalue weighted by molar-refractivity contribution is -0.174. The van der Waals surface area contributed by atoms with Gasteiger partial charge in [-0.05, 0) is 28.1 Å². The third-order valence-electron chi connectivity index (χ3n) is 5.31. The van der Waals surface area contributed by atoms with Crippen LogP contribution in [0, 0.1) is 0 Å². The highest BCUT2D eigenvalue weighted by molar-refractivity contribution is 8.01. The lowest BCUT2D eigenvalue weighted by Crippen LogP contribution is -2.71. The summed E-state index contributed by atoms with van der Waals surface area (Å²) in [6, 6.07) is 2.75. The highest BCUT2D eigenvalue weighted by atomic mass is 32.2. The number of amides is 2. The van der Waals surface area contributed by atoms with Crippen LogP contribution in [0.15, 0.2) is 39.8 Å². The number of carboxylic acid groups (broad SMARTS) is 2. The standard InChI is InChI=1S/C20H18F3N9O7S2/c21-20(22,23)7-39-28-12(9-2-1-3-10(24)25-9)15(35)26-13-16(36)32-14(18(37)38)8(5-40-17(13)32)6-41-19-27-29-30-31(19)4-11(33)34/h1-3,13,17H,4-7H2,(H2,24,25)(H,26,35)(H,33,34)(H,37,38)/t13?,17-/m1/s1. The van der Waals surface area contributed by atoms with Gasteiger partial charge in [-0.25, -0.2) is 14.5 Å². The highest BCUT2D eigenvalue weighted by Gasteiger charge is 2.54. The number of pyridine rings is 1. The number of hydrogen-bond acceptors (Lipinski definition) is 13. The SMILES string of the molecule is Nc1cccc(C(=NOCC(F)(F)F)C(=O)NC2C(=O)N3C(C(=O)O)=C(CSc4nnnn4CC(=O)O)CS[C@H]23)n1. The van der Waals surface area contributed by atoms with Gasteiger partial charge in [-0.1, -0.05) is 23.0 Å². The van der Waals surface area contributed by atoms with E-state index in [1.54, 1.807) is 0 Å². The second kappa shape index (κ2) is 12.0. The Bertz CT molecular complexity index is 1450. The minimum atomic E-state index is -4.74. The second-order valence-electron chi connectivity index (χ2n) is 8.20. The third-order valence-corrected chi connectivity index (χ3v) is 7.69. The fraction of sp³-hybridized carbons (Fsp3) is 0.350. The molecule has 0 aliphatic carbocycles. The van der Waals surface area contributed by atoms with Crippen LogP contribution in [0.1, 0.15) is 5.69 Å². The first kappa shape index (κ1) is 29.6. The molecule has 0 radical (unpaired) electrons. The molecule has 16 nitrogen and oxygen atoms in total. The number of alkyl halides is 3. The fourth-order valence-electron chi connectivity index (χ4n) is 3.64. The monoisotopic (exact) mass is 617 g/mol. The summed E-state index contributed by atoms with van der Waals surface area (Å²) in [6.07, 6.45) is -4.74. The number of thioether (sulfide) groups is 2. The van der Waals surface area contributed by atoms with Crippen LogP contribution in [0.4, 0.5) is 19.0 Å². The molecule has 1 fully saturated rings. The lowest BCUT2D eigenvalue weighted by Gasteiger charge is -2.49. The van der Waals surface area contributed by atoms with E-state index < -0.39 is 60.2 Å². The number of hydrogen-bond donors (Lipinski definition) is 4. The topological polar surface area (TPSA) is 228 Å². The van der Waals surface area contributed by atoms with Crippen molar-refractivity contribution in [1.29, 1.82) is 0 Å².